The molecule has 5 heteroatoms. The van der Waals surface area contributed by atoms with Gasteiger partial charge in [0.05, 0.1) is 13.2 Å². The Morgan fingerprint density at radius 2 is 1.71 bits per heavy atom. The van der Waals surface area contributed by atoms with Crippen LogP contribution in [-0.4, -0.2) is 53.9 Å². The summed E-state index contributed by atoms with van der Waals surface area (Å²) in [6.45, 7) is 5.02. The average molecular weight is 337 g/mol. The van der Waals surface area contributed by atoms with Crippen LogP contribution in [0.1, 0.15) is 45.1 Å². The first-order valence-electron chi connectivity index (χ1n) is 8.81. The molecule has 0 radical (unpaired) electrons. The number of nitrogens with zero attached hydrogens (tertiary/aromatic N) is 1. The SMILES string of the molecule is CCCCN(CCCC)C(=O)COCC(O)(CO)c1ccccc1. The molecule has 24 heavy (non-hydrogen) atoms. The lowest BCUT2D eigenvalue weighted by molar-refractivity contribution is -0.141. The van der Waals surface area contributed by atoms with Crippen molar-refractivity contribution in [1.29, 1.82) is 0 Å². The van der Waals surface area contributed by atoms with E-state index in [4.69, 9.17) is 4.74 Å². The van der Waals surface area contributed by atoms with E-state index < -0.39 is 12.2 Å². The van der Waals surface area contributed by atoms with Crippen molar-refractivity contribution in [3.63, 3.8) is 0 Å². The van der Waals surface area contributed by atoms with Gasteiger partial charge >= 0.3 is 0 Å². The minimum Gasteiger partial charge on any atom is -0.393 e. The van der Waals surface area contributed by atoms with Crippen LogP contribution in [-0.2, 0) is 15.1 Å². The summed E-state index contributed by atoms with van der Waals surface area (Å²) in [6, 6.07) is 8.88. The van der Waals surface area contributed by atoms with Crippen molar-refractivity contribution in [3.05, 3.63) is 35.9 Å². The molecule has 1 aromatic carbocycles. The molecule has 136 valence electrons. The van der Waals surface area contributed by atoms with Crippen LogP contribution in [0.15, 0.2) is 30.3 Å². The Bertz CT molecular complexity index is 458. The van der Waals surface area contributed by atoms with E-state index >= 15 is 0 Å². The van der Waals surface area contributed by atoms with Crippen molar-refractivity contribution in [2.45, 2.75) is 45.1 Å². The number of aliphatic hydroxyl groups excluding tert-OH is 1. The fraction of sp³-hybridized carbons (Fsp3) is 0.632. The summed E-state index contributed by atoms with van der Waals surface area (Å²) < 4.78 is 5.45. The Hall–Kier alpha value is -1.43. The van der Waals surface area contributed by atoms with Crippen molar-refractivity contribution in [3.8, 4) is 0 Å². The monoisotopic (exact) mass is 337 g/mol. The van der Waals surface area contributed by atoms with Gasteiger partial charge in [0, 0.05) is 13.1 Å². The number of rotatable bonds is 12. The second-order valence-corrected chi connectivity index (χ2v) is 6.14. The van der Waals surface area contributed by atoms with Crippen LogP contribution in [0.4, 0.5) is 0 Å². The van der Waals surface area contributed by atoms with Gasteiger partial charge < -0.3 is 19.8 Å². The van der Waals surface area contributed by atoms with Crippen molar-refractivity contribution in [2.75, 3.05) is 32.9 Å². The molecule has 0 saturated heterocycles. The van der Waals surface area contributed by atoms with E-state index in [0.717, 1.165) is 38.8 Å². The molecule has 1 aromatic rings. The van der Waals surface area contributed by atoms with Gasteiger partial charge in [0.2, 0.25) is 5.91 Å². The second-order valence-electron chi connectivity index (χ2n) is 6.14. The van der Waals surface area contributed by atoms with Crippen molar-refractivity contribution in [1.82, 2.24) is 4.90 Å². The standard InChI is InChI=1S/C19H31NO4/c1-3-5-12-20(13-6-4-2)18(22)14-24-16-19(23,15-21)17-10-8-7-9-11-17/h7-11,21,23H,3-6,12-16H2,1-2H3. The molecule has 0 heterocycles. The maximum absolute atomic E-state index is 12.3. The van der Waals surface area contributed by atoms with Crippen LogP contribution in [0.3, 0.4) is 0 Å². The Kier molecular flexibility index (Phi) is 9.60. The molecular formula is C19H31NO4. The van der Waals surface area contributed by atoms with Gasteiger partial charge in [0.15, 0.2) is 0 Å². The highest BCUT2D eigenvalue weighted by Gasteiger charge is 2.29. The van der Waals surface area contributed by atoms with Gasteiger partial charge in [0.1, 0.15) is 12.2 Å². The second kappa shape index (κ2) is 11.2. The molecule has 0 aliphatic rings. The summed E-state index contributed by atoms with van der Waals surface area (Å²) >= 11 is 0. The van der Waals surface area contributed by atoms with Gasteiger partial charge in [-0.15, -0.1) is 0 Å². The number of carbonyl (C=O) groups is 1. The first kappa shape index (κ1) is 20.6. The lowest BCUT2D eigenvalue weighted by Crippen LogP contribution is -2.39. The number of aliphatic hydroxyl groups is 2. The Labute approximate surface area is 145 Å². The zero-order valence-corrected chi connectivity index (χ0v) is 14.9. The summed E-state index contributed by atoms with van der Waals surface area (Å²) in [5.74, 6) is -0.0646. The molecule has 0 aliphatic heterocycles. The maximum Gasteiger partial charge on any atom is 0.248 e. The predicted molar refractivity (Wildman–Crippen MR) is 94.6 cm³/mol. The van der Waals surface area contributed by atoms with Gasteiger partial charge in [0.25, 0.3) is 0 Å². The molecule has 0 bridgehead atoms. The molecule has 1 amide bonds. The number of amides is 1. The lowest BCUT2D eigenvalue weighted by atomic mass is 9.96. The molecular weight excluding hydrogens is 306 g/mol. The van der Waals surface area contributed by atoms with E-state index in [1.54, 1.807) is 24.3 Å². The lowest BCUT2D eigenvalue weighted by Gasteiger charge is -2.27. The fourth-order valence-electron chi connectivity index (χ4n) is 2.43. The Balaban J connectivity index is 2.54. The van der Waals surface area contributed by atoms with E-state index in [9.17, 15) is 15.0 Å². The van der Waals surface area contributed by atoms with E-state index in [-0.39, 0.29) is 19.1 Å². The van der Waals surface area contributed by atoms with E-state index in [1.165, 1.54) is 0 Å². The zero-order chi connectivity index (χ0) is 17.8. The smallest absolute Gasteiger partial charge is 0.248 e. The van der Waals surface area contributed by atoms with Crippen molar-refractivity contribution >= 4 is 5.91 Å². The van der Waals surface area contributed by atoms with Gasteiger partial charge in [-0.1, -0.05) is 57.0 Å². The number of carbonyl (C=O) groups excluding carboxylic acids is 1. The molecule has 1 atom stereocenters. The molecule has 0 fully saturated rings. The fourth-order valence-corrected chi connectivity index (χ4v) is 2.43. The summed E-state index contributed by atoms with van der Waals surface area (Å²) in [6.07, 6.45) is 4.02. The topological polar surface area (TPSA) is 70.0 Å². The molecule has 2 N–H and O–H groups in total. The van der Waals surface area contributed by atoms with Gasteiger partial charge in [-0.05, 0) is 18.4 Å². The van der Waals surface area contributed by atoms with E-state index in [2.05, 4.69) is 13.8 Å². The number of hydrogen-bond donors (Lipinski definition) is 2. The quantitative estimate of drug-likeness (QED) is 0.614. The molecule has 0 saturated carbocycles. The number of hydrogen-bond acceptors (Lipinski definition) is 4. The third kappa shape index (κ3) is 6.59. The molecule has 1 unspecified atom stereocenters. The molecule has 0 spiro atoms. The number of unbranched alkanes of at least 4 members (excludes halogenated alkanes) is 2. The molecule has 0 aliphatic carbocycles. The van der Waals surface area contributed by atoms with Crippen LogP contribution in [0.5, 0.6) is 0 Å². The highest BCUT2D eigenvalue weighted by molar-refractivity contribution is 5.77. The van der Waals surface area contributed by atoms with Gasteiger partial charge in [-0.2, -0.15) is 0 Å². The average Bonchev–Trinajstić information content (AvgIpc) is 2.62. The molecule has 5 nitrogen and oxygen atoms in total. The van der Waals surface area contributed by atoms with Crippen LogP contribution in [0.2, 0.25) is 0 Å². The Morgan fingerprint density at radius 3 is 2.21 bits per heavy atom. The predicted octanol–water partition coefficient (Wildman–Crippen LogP) is 2.31. The summed E-state index contributed by atoms with van der Waals surface area (Å²) in [7, 11) is 0. The number of benzene rings is 1. The summed E-state index contributed by atoms with van der Waals surface area (Å²) in [5, 5.41) is 20.0. The third-order valence-corrected chi connectivity index (χ3v) is 4.05. The highest BCUT2D eigenvalue weighted by atomic mass is 16.5. The summed E-state index contributed by atoms with van der Waals surface area (Å²) in [4.78, 5) is 14.1. The minimum absolute atomic E-state index is 0.0646. The van der Waals surface area contributed by atoms with Crippen LogP contribution in [0, 0.1) is 0 Å². The zero-order valence-electron chi connectivity index (χ0n) is 14.9. The normalized spacial score (nSPS) is 13.5. The Morgan fingerprint density at radius 1 is 1.12 bits per heavy atom. The minimum atomic E-state index is -1.49. The van der Waals surface area contributed by atoms with Gasteiger partial charge in [-0.3, -0.25) is 4.79 Å². The molecule has 0 aromatic heterocycles. The first-order valence-corrected chi connectivity index (χ1v) is 8.81. The van der Waals surface area contributed by atoms with E-state index in [0.29, 0.717) is 5.56 Å². The van der Waals surface area contributed by atoms with Crippen molar-refractivity contribution in [2.24, 2.45) is 0 Å². The third-order valence-electron chi connectivity index (χ3n) is 4.05. The van der Waals surface area contributed by atoms with Crippen LogP contribution in [0.25, 0.3) is 0 Å². The highest BCUT2D eigenvalue weighted by Crippen LogP contribution is 2.20. The van der Waals surface area contributed by atoms with Gasteiger partial charge in [-0.25, -0.2) is 0 Å². The van der Waals surface area contributed by atoms with Crippen LogP contribution < -0.4 is 0 Å². The maximum atomic E-state index is 12.3. The largest absolute Gasteiger partial charge is 0.393 e. The van der Waals surface area contributed by atoms with Crippen LogP contribution >= 0.6 is 0 Å². The van der Waals surface area contributed by atoms with E-state index in [1.807, 2.05) is 11.0 Å². The molecule has 1 rings (SSSR count). The summed E-state index contributed by atoms with van der Waals surface area (Å²) in [5.41, 5.74) is -0.909. The number of ether oxygens (including phenoxy) is 1. The van der Waals surface area contributed by atoms with Crippen molar-refractivity contribution < 1.29 is 19.7 Å². The first-order chi connectivity index (χ1) is 11.6.